The van der Waals surface area contributed by atoms with Crippen LogP contribution in [0.25, 0.3) is 0 Å². The average Bonchev–Trinajstić information content (AvgIpc) is 3.55. The zero-order chi connectivity index (χ0) is 27.3. The number of carbonyl (C=O) groups excluding carboxylic acids is 2. The van der Waals surface area contributed by atoms with Gasteiger partial charge >= 0.3 is 0 Å². The van der Waals surface area contributed by atoms with Gasteiger partial charge < -0.3 is 19.7 Å². The van der Waals surface area contributed by atoms with Crippen molar-refractivity contribution in [3.05, 3.63) is 52.5 Å². The van der Waals surface area contributed by atoms with Crippen molar-refractivity contribution in [3.8, 4) is 11.5 Å². The van der Waals surface area contributed by atoms with Gasteiger partial charge in [-0.15, -0.1) is 0 Å². The third-order valence-corrected chi connectivity index (χ3v) is 8.59. The standard InChI is InChI=1S/C27H34BrN3O6S/c1-19(27(33)29-22-9-3-4-10-22)30(17-20-7-5-8-21(28)15-20)26(32)11-6-14-31(38(2,34)35)23-12-13-24-25(16-23)37-18-36-24/h5,7-8,12-13,15-16,19,22H,3-4,6,9-11,14,17-18H2,1-2H3,(H,29,33)/t19-/m1/s1. The highest BCUT2D eigenvalue weighted by Crippen LogP contribution is 2.36. The van der Waals surface area contributed by atoms with Crippen LogP contribution < -0.4 is 19.1 Å². The second-order valence-corrected chi connectivity index (χ2v) is 12.6. The zero-order valence-electron chi connectivity index (χ0n) is 21.7. The van der Waals surface area contributed by atoms with E-state index in [-0.39, 0.29) is 50.6 Å². The van der Waals surface area contributed by atoms with Crippen LogP contribution in [0.4, 0.5) is 5.69 Å². The van der Waals surface area contributed by atoms with Gasteiger partial charge in [-0.25, -0.2) is 8.42 Å². The maximum absolute atomic E-state index is 13.5. The largest absolute Gasteiger partial charge is 0.454 e. The average molecular weight is 609 g/mol. The van der Waals surface area contributed by atoms with E-state index in [2.05, 4.69) is 21.2 Å². The van der Waals surface area contributed by atoms with Crippen molar-refractivity contribution in [1.29, 1.82) is 0 Å². The molecule has 0 aromatic heterocycles. The molecular weight excluding hydrogens is 574 g/mol. The molecule has 9 nitrogen and oxygen atoms in total. The molecule has 1 aliphatic heterocycles. The monoisotopic (exact) mass is 607 g/mol. The van der Waals surface area contributed by atoms with E-state index in [0.29, 0.717) is 17.2 Å². The van der Waals surface area contributed by atoms with Crippen molar-refractivity contribution in [1.82, 2.24) is 10.2 Å². The van der Waals surface area contributed by atoms with E-state index in [1.54, 1.807) is 30.0 Å². The van der Waals surface area contributed by atoms with Crippen LogP contribution in [-0.2, 0) is 26.2 Å². The van der Waals surface area contributed by atoms with Gasteiger partial charge in [0.05, 0.1) is 11.9 Å². The van der Waals surface area contributed by atoms with Gasteiger partial charge in [-0.05, 0) is 56.0 Å². The molecule has 38 heavy (non-hydrogen) atoms. The minimum absolute atomic E-state index is 0.0889. The van der Waals surface area contributed by atoms with Gasteiger partial charge in [-0.1, -0.05) is 40.9 Å². The Labute approximate surface area is 232 Å². The minimum Gasteiger partial charge on any atom is -0.454 e. The zero-order valence-corrected chi connectivity index (χ0v) is 24.1. The number of carbonyl (C=O) groups is 2. The Bertz CT molecular complexity index is 1270. The fourth-order valence-electron chi connectivity index (χ4n) is 4.85. The van der Waals surface area contributed by atoms with Crippen molar-refractivity contribution in [3.63, 3.8) is 0 Å². The van der Waals surface area contributed by atoms with E-state index in [1.165, 1.54) is 4.31 Å². The highest BCUT2D eigenvalue weighted by molar-refractivity contribution is 9.10. The number of ether oxygens (including phenoxy) is 2. The summed E-state index contributed by atoms with van der Waals surface area (Å²) >= 11 is 3.47. The summed E-state index contributed by atoms with van der Waals surface area (Å²) in [6, 6.07) is 12.1. The Morgan fingerprint density at radius 2 is 1.84 bits per heavy atom. The number of anilines is 1. The van der Waals surface area contributed by atoms with Crippen molar-refractivity contribution in [2.45, 2.75) is 64.1 Å². The molecule has 2 amide bonds. The summed E-state index contributed by atoms with van der Waals surface area (Å²) in [4.78, 5) is 28.1. The van der Waals surface area contributed by atoms with E-state index in [9.17, 15) is 18.0 Å². The van der Waals surface area contributed by atoms with Crippen LogP contribution in [0.15, 0.2) is 46.9 Å². The van der Waals surface area contributed by atoms with E-state index in [0.717, 1.165) is 42.0 Å². The summed E-state index contributed by atoms with van der Waals surface area (Å²) in [5.74, 6) is 0.663. The van der Waals surface area contributed by atoms with Crippen LogP contribution in [-0.4, -0.2) is 56.8 Å². The van der Waals surface area contributed by atoms with Crippen LogP contribution in [0.5, 0.6) is 11.5 Å². The molecule has 4 rings (SSSR count). The topological polar surface area (TPSA) is 105 Å². The molecule has 11 heteroatoms. The molecule has 0 spiro atoms. The Hall–Kier alpha value is -2.79. The molecule has 0 bridgehead atoms. The molecule has 1 atom stereocenters. The number of rotatable bonds is 11. The van der Waals surface area contributed by atoms with Crippen LogP contribution in [0.3, 0.4) is 0 Å². The molecule has 1 aliphatic carbocycles. The lowest BCUT2D eigenvalue weighted by molar-refractivity contribution is -0.141. The molecule has 2 aromatic rings. The van der Waals surface area contributed by atoms with Crippen LogP contribution >= 0.6 is 15.9 Å². The van der Waals surface area contributed by atoms with Gasteiger partial charge in [-0.3, -0.25) is 13.9 Å². The lowest BCUT2D eigenvalue weighted by Gasteiger charge is -2.30. The van der Waals surface area contributed by atoms with Gasteiger partial charge in [0, 0.05) is 36.1 Å². The molecule has 1 saturated carbocycles. The van der Waals surface area contributed by atoms with Gasteiger partial charge in [0.25, 0.3) is 0 Å². The van der Waals surface area contributed by atoms with Gasteiger partial charge in [0.1, 0.15) is 6.04 Å². The molecule has 0 saturated heterocycles. The third-order valence-electron chi connectivity index (χ3n) is 6.91. The number of sulfonamides is 1. The first kappa shape index (κ1) is 28.2. The second-order valence-electron chi connectivity index (χ2n) is 9.79. The SMILES string of the molecule is C[C@H](C(=O)NC1CCCC1)N(Cc1cccc(Br)c1)C(=O)CCCN(c1ccc2c(c1)OCO2)S(C)(=O)=O. The quantitative estimate of drug-likeness (QED) is 0.410. The van der Waals surface area contributed by atoms with Crippen LogP contribution in [0.2, 0.25) is 0 Å². The lowest BCUT2D eigenvalue weighted by Crippen LogP contribution is -2.49. The van der Waals surface area contributed by atoms with Crippen molar-refractivity contribution < 1.29 is 27.5 Å². The molecule has 206 valence electrons. The van der Waals surface area contributed by atoms with Crippen molar-refractivity contribution >= 4 is 43.5 Å². The maximum atomic E-state index is 13.5. The summed E-state index contributed by atoms with van der Waals surface area (Å²) in [5.41, 5.74) is 1.34. The van der Waals surface area contributed by atoms with Crippen molar-refractivity contribution in [2.75, 3.05) is 23.9 Å². The first-order valence-electron chi connectivity index (χ1n) is 12.8. The highest BCUT2D eigenvalue weighted by Gasteiger charge is 2.29. The summed E-state index contributed by atoms with van der Waals surface area (Å²) in [6.07, 6.45) is 5.62. The Morgan fingerprint density at radius 3 is 2.55 bits per heavy atom. The van der Waals surface area contributed by atoms with E-state index >= 15 is 0 Å². The molecule has 2 aromatic carbocycles. The number of fused-ring (bicyclic) bond motifs is 1. The van der Waals surface area contributed by atoms with Crippen LogP contribution in [0, 0.1) is 0 Å². The molecular formula is C27H34BrN3O6S. The molecule has 0 radical (unpaired) electrons. The number of hydrogen-bond donors (Lipinski definition) is 1. The summed E-state index contributed by atoms with van der Waals surface area (Å²) < 4.78 is 38.0. The molecule has 1 N–H and O–H groups in total. The molecule has 1 fully saturated rings. The van der Waals surface area contributed by atoms with Gasteiger partial charge in [0.2, 0.25) is 28.6 Å². The predicted octanol–water partition coefficient (Wildman–Crippen LogP) is 4.20. The van der Waals surface area contributed by atoms with E-state index in [4.69, 9.17) is 9.47 Å². The van der Waals surface area contributed by atoms with E-state index in [1.807, 2.05) is 24.3 Å². The van der Waals surface area contributed by atoms with Gasteiger partial charge in [0.15, 0.2) is 11.5 Å². The normalized spacial score (nSPS) is 15.8. The Balaban J connectivity index is 1.45. The molecule has 2 aliphatic rings. The van der Waals surface area contributed by atoms with E-state index < -0.39 is 16.1 Å². The number of benzene rings is 2. The first-order chi connectivity index (χ1) is 18.1. The lowest BCUT2D eigenvalue weighted by atomic mass is 10.1. The first-order valence-corrected chi connectivity index (χ1v) is 15.5. The minimum atomic E-state index is -3.61. The molecule has 0 unspecified atom stereocenters. The number of halogens is 1. The van der Waals surface area contributed by atoms with Gasteiger partial charge in [-0.2, -0.15) is 0 Å². The Kier molecular flexibility index (Phi) is 9.19. The number of amides is 2. The third kappa shape index (κ3) is 7.19. The highest BCUT2D eigenvalue weighted by atomic mass is 79.9. The number of nitrogens with one attached hydrogen (secondary N) is 1. The number of hydrogen-bond acceptors (Lipinski definition) is 6. The fourth-order valence-corrected chi connectivity index (χ4v) is 6.25. The second kappa shape index (κ2) is 12.4. The van der Waals surface area contributed by atoms with Crippen LogP contribution in [0.1, 0.15) is 51.0 Å². The predicted molar refractivity (Wildman–Crippen MR) is 149 cm³/mol. The summed E-state index contributed by atoms with van der Waals surface area (Å²) in [6.45, 7) is 2.22. The Morgan fingerprint density at radius 1 is 1.11 bits per heavy atom. The number of nitrogens with zero attached hydrogens (tertiary/aromatic N) is 2. The summed E-state index contributed by atoms with van der Waals surface area (Å²) in [7, 11) is -3.61. The molecule has 1 heterocycles. The smallest absolute Gasteiger partial charge is 0.242 e. The van der Waals surface area contributed by atoms with Crippen molar-refractivity contribution in [2.24, 2.45) is 0 Å². The summed E-state index contributed by atoms with van der Waals surface area (Å²) in [5, 5.41) is 3.10. The maximum Gasteiger partial charge on any atom is 0.242 e. The fraction of sp³-hybridized carbons (Fsp3) is 0.481.